The topological polar surface area (TPSA) is 46.3 Å². The number of para-hydroxylation sites is 1. The van der Waals surface area contributed by atoms with E-state index in [1.165, 1.54) is 0 Å². The van der Waals surface area contributed by atoms with Gasteiger partial charge in [0, 0.05) is 28.8 Å². The molecule has 0 radical (unpaired) electrons. The second kappa shape index (κ2) is 6.96. The molecule has 2 aromatic carbocycles. The van der Waals surface area contributed by atoms with Crippen molar-refractivity contribution in [3.05, 3.63) is 63.1 Å². The molecule has 0 aliphatic carbocycles. The number of hydrogen-bond donors (Lipinski definition) is 1. The van der Waals surface area contributed by atoms with E-state index in [1.54, 1.807) is 23.1 Å². The quantitative estimate of drug-likeness (QED) is 0.817. The summed E-state index contributed by atoms with van der Waals surface area (Å²) >= 11 is 9.38. The Morgan fingerprint density at radius 1 is 1.29 bits per heavy atom. The summed E-state index contributed by atoms with van der Waals surface area (Å²) < 4.78 is 0.774. The molecule has 2 rings (SSSR count). The van der Waals surface area contributed by atoms with Crippen LogP contribution in [0.1, 0.15) is 22.8 Å². The molecule has 1 amide bonds. The molecule has 0 aliphatic rings. The van der Waals surface area contributed by atoms with Gasteiger partial charge in [-0.15, -0.1) is 0 Å². The van der Waals surface area contributed by atoms with E-state index in [9.17, 15) is 4.79 Å². The smallest absolute Gasteiger partial charge is 0.254 e. The number of carbonyl (C=O) groups excluding carboxylic acids is 1. The molecule has 2 aromatic rings. The molecule has 3 nitrogen and oxygen atoms in total. The number of carbonyl (C=O) groups is 1. The minimum atomic E-state index is -0.0600. The number of amides is 1. The zero-order valence-corrected chi connectivity index (χ0v) is 14.0. The van der Waals surface area contributed by atoms with Crippen LogP contribution in [0.15, 0.2) is 46.9 Å². The molecular formula is C16H16BrClN2O. The second-order valence-corrected chi connectivity index (χ2v) is 5.91. The van der Waals surface area contributed by atoms with Gasteiger partial charge in [0.1, 0.15) is 0 Å². The summed E-state index contributed by atoms with van der Waals surface area (Å²) in [5.74, 6) is -0.0600. The fourth-order valence-electron chi connectivity index (χ4n) is 2.02. The third kappa shape index (κ3) is 3.77. The average molecular weight is 368 g/mol. The standard InChI is InChI=1S/C16H16BrClN2O/c1-2-20(10-12-5-3-4-6-15(12)19)16(21)11-7-8-13(17)14(18)9-11/h3-9H,2,10,19H2,1H3. The largest absolute Gasteiger partial charge is 0.398 e. The van der Waals surface area contributed by atoms with Gasteiger partial charge in [-0.2, -0.15) is 0 Å². The maximum atomic E-state index is 12.6. The molecule has 0 heterocycles. The second-order valence-electron chi connectivity index (χ2n) is 4.65. The highest BCUT2D eigenvalue weighted by Crippen LogP contribution is 2.24. The highest BCUT2D eigenvalue weighted by molar-refractivity contribution is 9.10. The van der Waals surface area contributed by atoms with Crippen LogP contribution in [0.2, 0.25) is 5.02 Å². The van der Waals surface area contributed by atoms with Crippen LogP contribution >= 0.6 is 27.5 Å². The number of rotatable bonds is 4. The van der Waals surface area contributed by atoms with Crippen LogP contribution in [-0.2, 0) is 6.54 Å². The molecule has 21 heavy (non-hydrogen) atoms. The molecule has 5 heteroatoms. The summed E-state index contributed by atoms with van der Waals surface area (Å²) in [6, 6.07) is 12.8. The van der Waals surface area contributed by atoms with Crippen LogP contribution in [-0.4, -0.2) is 17.4 Å². The van der Waals surface area contributed by atoms with Crippen molar-refractivity contribution in [3.8, 4) is 0 Å². The van der Waals surface area contributed by atoms with Gasteiger partial charge in [0.15, 0.2) is 0 Å². The molecule has 0 aliphatic heterocycles. The van der Waals surface area contributed by atoms with Gasteiger partial charge in [0.05, 0.1) is 5.02 Å². The molecule has 0 bridgehead atoms. The van der Waals surface area contributed by atoms with Crippen molar-refractivity contribution in [1.82, 2.24) is 4.90 Å². The lowest BCUT2D eigenvalue weighted by molar-refractivity contribution is 0.0753. The molecular weight excluding hydrogens is 352 g/mol. The number of nitrogens with zero attached hydrogens (tertiary/aromatic N) is 1. The summed E-state index contributed by atoms with van der Waals surface area (Å²) in [5, 5.41) is 0.524. The van der Waals surface area contributed by atoms with Crippen LogP contribution in [0.5, 0.6) is 0 Å². The Labute approximate surface area is 137 Å². The van der Waals surface area contributed by atoms with Crippen LogP contribution in [0.4, 0.5) is 5.69 Å². The first-order chi connectivity index (χ1) is 10.0. The van der Waals surface area contributed by atoms with Crippen LogP contribution < -0.4 is 5.73 Å². The summed E-state index contributed by atoms with van der Waals surface area (Å²) in [6.45, 7) is 3.02. The molecule has 0 unspecified atom stereocenters. The highest BCUT2D eigenvalue weighted by atomic mass is 79.9. The molecule has 0 atom stereocenters. The van der Waals surface area contributed by atoms with Crippen LogP contribution in [0.25, 0.3) is 0 Å². The first-order valence-corrected chi connectivity index (χ1v) is 7.77. The van der Waals surface area contributed by atoms with Gasteiger partial charge >= 0.3 is 0 Å². The molecule has 2 N–H and O–H groups in total. The number of halogens is 2. The minimum absolute atomic E-state index is 0.0600. The summed E-state index contributed by atoms with van der Waals surface area (Å²) in [5.41, 5.74) is 8.14. The molecule has 0 saturated heterocycles. The Kier molecular flexibility index (Phi) is 5.26. The predicted octanol–water partition coefficient (Wildman–Crippen LogP) is 4.35. The predicted molar refractivity (Wildman–Crippen MR) is 90.4 cm³/mol. The number of nitrogens with two attached hydrogens (primary N) is 1. The van der Waals surface area contributed by atoms with Crippen molar-refractivity contribution < 1.29 is 4.79 Å². The van der Waals surface area contributed by atoms with Gasteiger partial charge in [-0.3, -0.25) is 4.79 Å². The van der Waals surface area contributed by atoms with E-state index in [2.05, 4.69) is 15.9 Å². The number of nitrogen functional groups attached to an aromatic ring is 1. The van der Waals surface area contributed by atoms with Gasteiger partial charge in [-0.25, -0.2) is 0 Å². The summed E-state index contributed by atoms with van der Waals surface area (Å²) in [4.78, 5) is 14.3. The van der Waals surface area contributed by atoms with Crippen LogP contribution in [0, 0.1) is 0 Å². The van der Waals surface area contributed by atoms with E-state index in [1.807, 2.05) is 31.2 Å². The van der Waals surface area contributed by atoms with Gasteiger partial charge < -0.3 is 10.6 Å². The summed E-state index contributed by atoms with van der Waals surface area (Å²) in [6.07, 6.45) is 0. The lowest BCUT2D eigenvalue weighted by Gasteiger charge is -2.22. The molecule has 0 saturated carbocycles. The Bertz CT molecular complexity index is 660. The molecule has 0 aromatic heterocycles. The van der Waals surface area contributed by atoms with E-state index in [0.29, 0.717) is 29.4 Å². The van der Waals surface area contributed by atoms with Gasteiger partial charge in [0.2, 0.25) is 0 Å². The van der Waals surface area contributed by atoms with Crippen molar-refractivity contribution in [2.24, 2.45) is 0 Å². The molecule has 0 spiro atoms. The zero-order valence-electron chi connectivity index (χ0n) is 11.6. The van der Waals surface area contributed by atoms with Crippen molar-refractivity contribution in [2.75, 3.05) is 12.3 Å². The normalized spacial score (nSPS) is 10.4. The average Bonchev–Trinajstić information content (AvgIpc) is 2.48. The van der Waals surface area contributed by atoms with Gasteiger partial charge in [-0.05, 0) is 52.7 Å². The van der Waals surface area contributed by atoms with Crippen molar-refractivity contribution >= 4 is 39.1 Å². The van der Waals surface area contributed by atoms with E-state index < -0.39 is 0 Å². The maximum Gasteiger partial charge on any atom is 0.254 e. The third-order valence-corrected chi connectivity index (χ3v) is 4.48. The highest BCUT2D eigenvalue weighted by Gasteiger charge is 2.16. The van der Waals surface area contributed by atoms with E-state index in [-0.39, 0.29) is 5.91 Å². The Morgan fingerprint density at radius 3 is 2.62 bits per heavy atom. The van der Waals surface area contributed by atoms with Crippen molar-refractivity contribution in [3.63, 3.8) is 0 Å². The minimum Gasteiger partial charge on any atom is -0.398 e. The fourth-order valence-corrected chi connectivity index (χ4v) is 2.45. The lowest BCUT2D eigenvalue weighted by Crippen LogP contribution is -2.30. The van der Waals surface area contributed by atoms with E-state index in [0.717, 1.165) is 10.0 Å². The maximum absolute atomic E-state index is 12.6. The van der Waals surface area contributed by atoms with E-state index in [4.69, 9.17) is 17.3 Å². The van der Waals surface area contributed by atoms with E-state index >= 15 is 0 Å². The lowest BCUT2D eigenvalue weighted by atomic mass is 10.1. The first kappa shape index (κ1) is 15.9. The molecule has 110 valence electrons. The zero-order chi connectivity index (χ0) is 15.4. The van der Waals surface area contributed by atoms with Gasteiger partial charge in [-0.1, -0.05) is 29.8 Å². The SMILES string of the molecule is CCN(Cc1ccccc1N)C(=O)c1ccc(Br)c(Cl)c1. The fraction of sp³-hybridized carbons (Fsp3) is 0.188. The van der Waals surface area contributed by atoms with Crippen LogP contribution in [0.3, 0.4) is 0 Å². The first-order valence-electron chi connectivity index (χ1n) is 6.60. The Hall–Kier alpha value is -1.52. The molecule has 0 fully saturated rings. The number of anilines is 1. The number of hydrogen-bond acceptors (Lipinski definition) is 2. The Morgan fingerprint density at radius 2 is 2.00 bits per heavy atom. The third-order valence-electron chi connectivity index (χ3n) is 3.25. The van der Waals surface area contributed by atoms with Crippen molar-refractivity contribution in [1.29, 1.82) is 0 Å². The summed E-state index contributed by atoms with van der Waals surface area (Å²) in [7, 11) is 0. The van der Waals surface area contributed by atoms with Gasteiger partial charge in [0.25, 0.3) is 5.91 Å². The Balaban J connectivity index is 2.22. The number of benzene rings is 2. The van der Waals surface area contributed by atoms with Crippen molar-refractivity contribution in [2.45, 2.75) is 13.5 Å². The monoisotopic (exact) mass is 366 g/mol.